The lowest BCUT2D eigenvalue weighted by molar-refractivity contribution is -0.119. The van der Waals surface area contributed by atoms with E-state index in [4.69, 9.17) is 28.9 Å². The van der Waals surface area contributed by atoms with Gasteiger partial charge in [0.2, 0.25) is 15.9 Å². The van der Waals surface area contributed by atoms with Gasteiger partial charge in [-0.05, 0) is 42.3 Å². The van der Waals surface area contributed by atoms with Crippen LogP contribution in [0.2, 0.25) is 10.0 Å². The van der Waals surface area contributed by atoms with Crippen LogP contribution in [0.5, 0.6) is 0 Å². The number of primary amides is 1. The summed E-state index contributed by atoms with van der Waals surface area (Å²) < 4.78 is 39.9. The van der Waals surface area contributed by atoms with Crippen molar-refractivity contribution in [1.82, 2.24) is 4.72 Å². The van der Waals surface area contributed by atoms with E-state index >= 15 is 0 Å². The summed E-state index contributed by atoms with van der Waals surface area (Å²) in [6.07, 6.45) is -0.0177. The molecular weight excluding hydrogens is 378 g/mol. The highest BCUT2D eigenvalue weighted by Gasteiger charge is 2.25. The maximum atomic E-state index is 12.9. The van der Waals surface area contributed by atoms with E-state index in [-0.39, 0.29) is 21.4 Å². The van der Waals surface area contributed by atoms with Crippen LogP contribution in [0.3, 0.4) is 0 Å². The van der Waals surface area contributed by atoms with Gasteiger partial charge in [0.1, 0.15) is 11.9 Å². The lowest BCUT2D eigenvalue weighted by Crippen LogP contribution is -2.45. The van der Waals surface area contributed by atoms with E-state index in [1.54, 1.807) is 0 Å². The molecule has 0 aliphatic heterocycles. The molecule has 9 heteroatoms. The van der Waals surface area contributed by atoms with Crippen LogP contribution in [-0.2, 0) is 21.2 Å². The minimum atomic E-state index is -4.04. The highest BCUT2D eigenvalue weighted by molar-refractivity contribution is 7.89. The lowest BCUT2D eigenvalue weighted by atomic mass is 10.1. The van der Waals surface area contributed by atoms with Crippen LogP contribution in [0.25, 0.3) is 0 Å². The fourth-order valence-electron chi connectivity index (χ4n) is 1.96. The molecule has 0 fully saturated rings. The first-order chi connectivity index (χ1) is 11.2. The van der Waals surface area contributed by atoms with Crippen molar-refractivity contribution in [3.05, 3.63) is 63.9 Å². The summed E-state index contributed by atoms with van der Waals surface area (Å²) in [5.41, 5.74) is 5.82. The van der Waals surface area contributed by atoms with Crippen molar-refractivity contribution in [3.8, 4) is 0 Å². The first-order valence-corrected chi connectivity index (χ1v) is 8.94. The van der Waals surface area contributed by atoms with Crippen molar-refractivity contribution in [2.75, 3.05) is 0 Å². The van der Waals surface area contributed by atoms with Crippen molar-refractivity contribution >= 4 is 39.1 Å². The van der Waals surface area contributed by atoms with Crippen LogP contribution >= 0.6 is 23.2 Å². The zero-order valence-electron chi connectivity index (χ0n) is 12.2. The second-order valence-corrected chi connectivity index (χ2v) is 7.51. The zero-order chi connectivity index (χ0) is 17.9. The van der Waals surface area contributed by atoms with Gasteiger partial charge in [0.05, 0.1) is 14.9 Å². The number of carbonyl (C=O) groups is 1. The highest BCUT2D eigenvalue weighted by Crippen LogP contribution is 2.25. The summed E-state index contributed by atoms with van der Waals surface area (Å²) in [5, 5.41) is 0.266. The molecule has 0 heterocycles. The van der Waals surface area contributed by atoms with Gasteiger partial charge in [0, 0.05) is 0 Å². The molecule has 24 heavy (non-hydrogen) atoms. The van der Waals surface area contributed by atoms with Crippen molar-refractivity contribution in [1.29, 1.82) is 0 Å². The van der Waals surface area contributed by atoms with Gasteiger partial charge in [0.15, 0.2) is 0 Å². The third-order valence-corrected chi connectivity index (χ3v) is 5.40. The Morgan fingerprint density at radius 1 is 1.12 bits per heavy atom. The van der Waals surface area contributed by atoms with E-state index in [9.17, 15) is 17.6 Å². The molecule has 0 spiro atoms. The van der Waals surface area contributed by atoms with Gasteiger partial charge in [-0.1, -0.05) is 35.3 Å². The van der Waals surface area contributed by atoms with E-state index in [1.165, 1.54) is 42.5 Å². The fraction of sp³-hybridized carbons (Fsp3) is 0.133. The molecule has 128 valence electrons. The number of carbonyl (C=O) groups excluding carboxylic acids is 1. The minimum absolute atomic E-state index is 0.0177. The molecule has 1 amide bonds. The summed E-state index contributed by atoms with van der Waals surface area (Å²) in [5.74, 6) is -1.30. The van der Waals surface area contributed by atoms with E-state index in [0.717, 1.165) is 0 Å². The Labute approximate surface area is 148 Å². The predicted octanol–water partition coefficient (Wildman–Crippen LogP) is 2.51. The third kappa shape index (κ3) is 4.67. The third-order valence-electron chi connectivity index (χ3n) is 3.20. The van der Waals surface area contributed by atoms with Crippen LogP contribution in [0.1, 0.15) is 5.56 Å². The summed E-state index contributed by atoms with van der Waals surface area (Å²) in [7, 11) is -4.04. The second-order valence-electron chi connectivity index (χ2n) is 4.98. The van der Waals surface area contributed by atoms with E-state index < -0.39 is 27.8 Å². The molecule has 0 aromatic heterocycles. The van der Waals surface area contributed by atoms with Gasteiger partial charge < -0.3 is 5.73 Å². The maximum Gasteiger partial charge on any atom is 0.241 e. The summed E-state index contributed by atoms with van der Waals surface area (Å²) >= 11 is 11.6. The summed E-state index contributed by atoms with van der Waals surface area (Å²) in [6, 6.07) is 7.86. The predicted molar refractivity (Wildman–Crippen MR) is 89.9 cm³/mol. The number of hydrogen-bond donors (Lipinski definition) is 2. The van der Waals surface area contributed by atoms with Gasteiger partial charge in [-0.25, -0.2) is 12.8 Å². The molecule has 0 saturated heterocycles. The Hall–Kier alpha value is -1.67. The molecule has 0 aliphatic rings. The van der Waals surface area contributed by atoms with Crippen molar-refractivity contribution in [2.24, 2.45) is 5.73 Å². The lowest BCUT2D eigenvalue weighted by Gasteiger charge is -2.16. The molecule has 1 atom stereocenters. The van der Waals surface area contributed by atoms with Gasteiger partial charge in [0.25, 0.3) is 0 Å². The number of amides is 1. The maximum absolute atomic E-state index is 12.9. The normalized spacial score (nSPS) is 12.8. The smallest absolute Gasteiger partial charge is 0.241 e. The first-order valence-electron chi connectivity index (χ1n) is 6.70. The number of nitrogens with one attached hydrogen (secondary N) is 1. The van der Waals surface area contributed by atoms with Crippen molar-refractivity contribution in [2.45, 2.75) is 17.4 Å². The number of sulfonamides is 1. The Balaban J connectivity index is 2.24. The molecule has 2 rings (SSSR count). The van der Waals surface area contributed by atoms with Crippen LogP contribution in [0, 0.1) is 5.82 Å². The molecule has 5 nitrogen and oxygen atoms in total. The second kappa shape index (κ2) is 7.48. The van der Waals surface area contributed by atoms with Gasteiger partial charge in [-0.15, -0.1) is 0 Å². The number of rotatable bonds is 6. The summed E-state index contributed by atoms with van der Waals surface area (Å²) in [4.78, 5) is 11.4. The molecule has 0 saturated carbocycles. The average Bonchev–Trinajstić information content (AvgIpc) is 2.51. The van der Waals surface area contributed by atoms with E-state index in [2.05, 4.69) is 4.72 Å². The highest BCUT2D eigenvalue weighted by atomic mass is 35.5. The number of benzene rings is 2. The van der Waals surface area contributed by atoms with Gasteiger partial charge in [-0.3, -0.25) is 4.79 Å². The van der Waals surface area contributed by atoms with Crippen LogP contribution in [0.4, 0.5) is 4.39 Å². The van der Waals surface area contributed by atoms with Crippen molar-refractivity contribution < 1.29 is 17.6 Å². The van der Waals surface area contributed by atoms with Crippen LogP contribution < -0.4 is 10.5 Å². The molecule has 2 aromatic carbocycles. The molecule has 0 bridgehead atoms. The van der Waals surface area contributed by atoms with Gasteiger partial charge >= 0.3 is 0 Å². The molecule has 2 aromatic rings. The monoisotopic (exact) mass is 390 g/mol. The van der Waals surface area contributed by atoms with Gasteiger partial charge in [-0.2, -0.15) is 4.72 Å². The molecular formula is C15H13Cl2FN2O3S. The average molecular weight is 391 g/mol. The number of nitrogens with two attached hydrogens (primary N) is 1. The Bertz CT molecular complexity index is 858. The van der Waals surface area contributed by atoms with Crippen LogP contribution in [-0.4, -0.2) is 20.4 Å². The standard InChI is InChI=1S/C15H13Cl2FN2O3S/c16-12-6-5-11(8-13(12)17)24(22,23)20-14(15(19)21)7-9-1-3-10(18)4-2-9/h1-6,8,14,20H,7H2,(H2,19,21). The quantitative estimate of drug-likeness (QED) is 0.793. The number of hydrogen-bond acceptors (Lipinski definition) is 3. The Morgan fingerprint density at radius 2 is 1.75 bits per heavy atom. The molecule has 0 aliphatic carbocycles. The minimum Gasteiger partial charge on any atom is -0.368 e. The Kier molecular flexibility index (Phi) is 5.82. The largest absolute Gasteiger partial charge is 0.368 e. The SMILES string of the molecule is NC(=O)C(Cc1ccc(F)cc1)NS(=O)(=O)c1ccc(Cl)c(Cl)c1. The van der Waals surface area contributed by atoms with Crippen molar-refractivity contribution in [3.63, 3.8) is 0 Å². The molecule has 1 unspecified atom stereocenters. The van der Waals surface area contributed by atoms with E-state index in [1.807, 2.05) is 0 Å². The summed E-state index contributed by atoms with van der Waals surface area (Å²) in [6.45, 7) is 0. The topological polar surface area (TPSA) is 89.3 Å². The molecule has 3 N–H and O–H groups in total. The fourth-order valence-corrected chi connectivity index (χ4v) is 3.55. The van der Waals surface area contributed by atoms with E-state index in [0.29, 0.717) is 5.56 Å². The Morgan fingerprint density at radius 3 is 2.29 bits per heavy atom. The molecule has 0 radical (unpaired) electrons. The zero-order valence-corrected chi connectivity index (χ0v) is 14.5. The van der Waals surface area contributed by atoms with Crippen LogP contribution in [0.15, 0.2) is 47.4 Å². The number of halogens is 3. The first kappa shape index (κ1) is 18.7.